The molecule has 0 spiro atoms. The molecule has 0 aliphatic heterocycles. The van der Waals surface area contributed by atoms with Gasteiger partial charge in [0.15, 0.2) is 0 Å². The summed E-state index contributed by atoms with van der Waals surface area (Å²) in [6, 6.07) is 9.18. The molecule has 1 atom stereocenters. The van der Waals surface area contributed by atoms with Crippen LogP contribution >= 0.6 is 11.6 Å². The van der Waals surface area contributed by atoms with Gasteiger partial charge in [-0.2, -0.15) is 0 Å². The van der Waals surface area contributed by atoms with E-state index >= 15 is 0 Å². The van der Waals surface area contributed by atoms with Crippen LogP contribution in [0.5, 0.6) is 0 Å². The zero-order valence-electron chi connectivity index (χ0n) is 8.70. The van der Waals surface area contributed by atoms with Gasteiger partial charge in [-0.25, -0.2) is 8.78 Å². The molecule has 0 aromatic heterocycles. The molecule has 0 aliphatic rings. The van der Waals surface area contributed by atoms with Crippen LogP contribution in [0.25, 0.3) is 0 Å². The monoisotopic (exact) mass is 254 g/mol. The fourth-order valence-electron chi connectivity index (χ4n) is 1.57. The van der Waals surface area contributed by atoms with Gasteiger partial charge in [-0.05, 0) is 41.5 Å². The summed E-state index contributed by atoms with van der Waals surface area (Å²) in [6.07, 6.45) is -1.02. The van der Waals surface area contributed by atoms with Crippen molar-refractivity contribution in [1.29, 1.82) is 0 Å². The molecule has 2 aromatic carbocycles. The second kappa shape index (κ2) is 4.82. The van der Waals surface area contributed by atoms with E-state index in [1.807, 2.05) is 0 Å². The number of benzene rings is 2. The van der Waals surface area contributed by atoms with Crippen LogP contribution in [0.4, 0.5) is 8.78 Å². The maximum absolute atomic E-state index is 13.1. The number of aliphatic hydroxyl groups is 1. The van der Waals surface area contributed by atoms with Crippen LogP contribution in [0, 0.1) is 11.6 Å². The van der Waals surface area contributed by atoms with E-state index in [-0.39, 0.29) is 5.02 Å². The van der Waals surface area contributed by atoms with E-state index in [0.29, 0.717) is 11.1 Å². The maximum Gasteiger partial charge on any atom is 0.125 e. The van der Waals surface area contributed by atoms with Crippen molar-refractivity contribution < 1.29 is 13.9 Å². The average Bonchev–Trinajstić information content (AvgIpc) is 2.28. The highest BCUT2D eigenvalue weighted by atomic mass is 35.5. The summed E-state index contributed by atoms with van der Waals surface area (Å²) < 4.78 is 25.8. The van der Waals surface area contributed by atoms with Crippen molar-refractivity contribution >= 4 is 11.6 Å². The van der Waals surface area contributed by atoms with Gasteiger partial charge in [0.1, 0.15) is 17.7 Å². The lowest BCUT2D eigenvalue weighted by atomic mass is 10.0. The van der Waals surface area contributed by atoms with Gasteiger partial charge in [0.25, 0.3) is 0 Å². The molecule has 0 unspecified atom stereocenters. The second-order valence-electron chi connectivity index (χ2n) is 3.66. The Hall–Kier alpha value is -1.45. The minimum absolute atomic E-state index is 0.209. The molecule has 0 radical (unpaired) electrons. The third kappa shape index (κ3) is 2.81. The summed E-state index contributed by atoms with van der Waals surface area (Å²) >= 11 is 5.70. The summed E-state index contributed by atoms with van der Waals surface area (Å²) in [5, 5.41) is 10.2. The van der Waals surface area contributed by atoms with E-state index in [9.17, 15) is 13.9 Å². The molecule has 0 fully saturated rings. The lowest BCUT2D eigenvalue weighted by molar-refractivity contribution is 0.219. The van der Waals surface area contributed by atoms with Gasteiger partial charge in [0.05, 0.1) is 0 Å². The molecule has 1 nitrogen and oxygen atoms in total. The first-order valence-electron chi connectivity index (χ1n) is 4.96. The predicted molar refractivity (Wildman–Crippen MR) is 61.9 cm³/mol. The summed E-state index contributed by atoms with van der Waals surface area (Å²) in [4.78, 5) is 0. The van der Waals surface area contributed by atoms with E-state index in [1.165, 1.54) is 36.4 Å². The standard InChI is InChI=1S/C13H9ClF2O/c14-10-5-9(6-12(16)7-10)13(17)8-1-3-11(15)4-2-8/h1-7,13,17H/t13-/m0/s1. The highest BCUT2D eigenvalue weighted by Gasteiger charge is 2.12. The molecule has 2 rings (SSSR count). The van der Waals surface area contributed by atoms with Crippen molar-refractivity contribution in [3.05, 3.63) is 70.2 Å². The fourth-order valence-corrected chi connectivity index (χ4v) is 1.80. The van der Waals surface area contributed by atoms with Crippen LogP contribution < -0.4 is 0 Å². The number of rotatable bonds is 2. The van der Waals surface area contributed by atoms with E-state index < -0.39 is 17.7 Å². The van der Waals surface area contributed by atoms with Gasteiger partial charge >= 0.3 is 0 Å². The Balaban J connectivity index is 2.36. The normalized spacial score (nSPS) is 12.5. The van der Waals surface area contributed by atoms with Gasteiger partial charge in [-0.3, -0.25) is 0 Å². The first-order valence-corrected chi connectivity index (χ1v) is 5.33. The molecule has 0 heterocycles. The van der Waals surface area contributed by atoms with Crippen molar-refractivity contribution in [3.63, 3.8) is 0 Å². The lowest BCUT2D eigenvalue weighted by Crippen LogP contribution is -2.00. The fraction of sp³-hybridized carbons (Fsp3) is 0.0769. The Kier molecular flexibility index (Phi) is 3.41. The quantitative estimate of drug-likeness (QED) is 0.866. The molecule has 2 aromatic rings. The van der Waals surface area contributed by atoms with Gasteiger partial charge in [0.2, 0.25) is 0 Å². The van der Waals surface area contributed by atoms with Crippen LogP contribution in [-0.2, 0) is 0 Å². The van der Waals surface area contributed by atoms with Crippen LogP contribution in [-0.4, -0.2) is 5.11 Å². The summed E-state index contributed by atoms with van der Waals surface area (Å²) in [5.41, 5.74) is 0.815. The van der Waals surface area contributed by atoms with Crippen molar-refractivity contribution in [1.82, 2.24) is 0 Å². The van der Waals surface area contributed by atoms with Gasteiger partial charge in [0, 0.05) is 5.02 Å². The molecule has 0 bridgehead atoms. The van der Waals surface area contributed by atoms with Crippen molar-refractivity contribution in [2.75, 3.05) is 0 Å². The van der Waals surface area contributed by atoms with Crippen LogP contribution in [0.2, 0.25) is 5.02 Å². The first kappa shape index (κ1) is 12.0. The summed E-state index contributed by atoms with van der Waals surface area (Å²) in [5.74, 6) is -0.910. The zero-order chi connectivity index (χ0) is 12.4. The highest BCUT2D eigenvalue weighted by Crippen LogP contribution is 2.25. The molecule has 0 aliphatic carbocycles. The van der Waals surface area contributed by atoms with E-state index in [1.54, 1.807) is 0 Å². The molecule has 17 heavy (non-hydrogen) atoms. The number of aliphatic hydroxyl groups excluding tert-OH is 1. The van der Waals surface area contributed by atoms with Crippen LogP contribution in [0.15, 0.2) is 42.5 Å². The SMILES string of the molecule is O[C@@H](c1ccc(F)cc1)c1cc(F)cc(Cl)c1. The number of hydrogen-bond donors (Lipinski definition) is 1. The smallest absolute Gasteiger partial charge is 0.125 e. The van der Waals surface area contributed by atoms with Gasteiger partial charge in [-0.15, -0.1) is 0 Å². The highest BCUT2D eigenvalue weighted by molar-refractivity contribution is 6.30. The molecule has 88 valence electrons. The van der Waals surface area contributed by atoms with Crippen molar-refractivity contribution in [2.24, 2.45) is 0 Å². The van der Waals surface area contributed by atoms with E-state index in [4.69, 9.17) is 11.6 Å². The van der Waals surface area contributed by atoms with Crippen molar-refractivity contribution in [3.8, 4) is 0 Å². The third-order valence-electron chi connectivity index (χ3n) is 2.39. The number of hydrogen-bond acceptors (Lipinski definition) is 1. The average molecular weight is 255 g/mol. The Morgan fingerprint density at radius 3 is 2.12 bits per heavy atom. The van der Waals surface area contributed by atoms with E-state index in [0.717, 1.165) is 6.07 Å². The lowest BCUT2D eigenvalue weighted by Gasteiger charge is -2.11. The minimum atomic E-state index is -1.02. The summed E-state index contributed by atoms with van der Waals surface area (Å²) in [7, 11) is 0. The Morgan fingerprint density at radius 1 is 0.882 bits per heavy atom. The topological polar surface area (TPSA) is 20.2 Å². The van der Waals surface area contributed by atoms with Crippen LogP contribution in [0.3, 0.4) is 0 Å². The molecule has 0 amide bonds. The predicted octanol–water partition coefficient (Wildman–Crippen LogP) is 3.70. The minimum Gasteiger partial charge on any atom is -0.384 e. The molecule has 4 heteroatoms. The van der Waals surface area contributed by atoms with Crippen LogP contribution in [0.1, 0.15) is 17.2 Å². The maximum atomic E-state index is 13.1. The largest absolute Gasteiger partial charge is 0.384 e. The second-order valence-corrected chi connectivity index (χ2v) is 4.09. The molecule has 0 saturated carbocycles. The molecular weight excluding hydrogens is 246 g/mol. The zero-order valence-corrected chi connectivity index (χ0v) is 9.46. The molecule has 0 saturated heterocycles. The summed E-state index contributed by atoms with van der Waals surface area (Å²) in [6.45, 7) is 0. The first-order chi connectivity index (χ1) is 8.06. The molecular formula is C13H9ClF2O. The van der Waals surface area contributed by atoms with Crippen molar-refractivity contribution in [2.45, 2.75) is 6.10 Å². The third-order valence-corrected chi connectivity index (χ3v) is 2.60. The Morgan fingerprint density at radius 2 is 1.53 bits per heavy atom. The Labute approximate surface area is 102 Å². The van der Waals surface area contributed by atoms with Gasteiger partial charge in [-0.1, -0.05) is 23.7 Å². The Bertz CT molecular complexity index is 505. The molecule has 1 N–H and O–H groups in total. The number of halogens is 3. The van der Waals surface area contributed by atoms with Gasteiger partial charge < -0.3 is 5.11 Å². The van der Waals surface area contributed by atoms with E-state index in [2.05, 4.69) is 0 Å².